The Morgan fingerprint density at radius 1 is 0.870 bits per heavy atom. The van der Waals surface area contributed by atoms with Gasteiger partial charge in [0.05, 0.1) is 30.0 Å². The molecule has 3 fully saturated rings. The molecule has 13 nitrogen and oxygen atoms in total. The Kier molecular flexibility index (Phi) is 8.89. The summed E-state index contributed by atoms with van der Waals surface area (Å²) in [4.78, 5) is 55.5. The molecule has 2 N–H and O–H groups in total. The van der Waals surface area contributed by atoms with Crippen LogP contribution in [0.2, 0.25) is 0 Å². The number of piperazine rings is 1. The lowest BCUT2D eigenvalue weighted by Gasteiger charge is -2.35. The van der Waals surface area contributed by atoms with Crippen LogP contribution in [0.25, 0.3) is 17.0 Å². The molecule has 2 aromatic carbocycles. The fraction of sp³-hybridized carbons (Fsp3) is 0.350. The van der Waals surface area contributed by atoms with E-state index in [0.717, 1.165) is 103 Å². The molecule has 1 unspecified atom stereocenters. The molecule has 0 saturated carbocycles. The van der Waals surface area contributed by atoms with Crippen LogP contribution in [0, 0.1) is 5.82 Å². The van der Waals surface area contributed by atoms with Gasteiger partial charge in [-0.05, 0) is 73.4 Å². The number of piperidine rings is 1. The highest BCUT2D eigenvalue weighted by molar-refractivity contribution is 6.11. The van der Waals surface area contributed by atoms with E-state index in [0.29, 0.717) is 13.0 Å². The molecule has 0 bridgehead atoms. The Hall–Kier alpha value is -5.89. The van der Waals surface area contributed by atoms with Crippen molar-refractivity contribution in [3.8, 4) is 11.4 Å². The Morgan fingerprint density at radius 3 is 2.57 bits per heavy atom. The topological polar surface area (TPSA) is 131 Å². The van der Waals surface area contributed by atoms with Crippen LogP contribution in [0.4, 0.5) is 27.4 Å². The van der Waals surface area contributed by atoms with Gasteiger partial charge < -0.3 is 15.1 Å². The summed E-state index contributed by atoms with van der Waals surface area (Å²) >= 11 is 0. The van der Waals surface area contributed by atoms with Gasteiger partial charge in [0, 0.05) is 63.5 Å². The zero-order valence-corrected chi connectivity index (χ0v) is 29.8. The fourth-order valence-electron chi connectivity index (χ4n) is 8.38. The highest BCUT2D eigenvalue weighted by atomic mass is 19.1. The number of anilines is 4. The molecule has 0 aliphatic carbocycles. The van der Waals surface area contributed by atoms with Crippen molar-refractivity contribution in [2.45, 2.75) is 44.2 Å². The molecule has 54 heavy (non-hydrogen) atoms. The van der Waals surface area contributed by atoms with Crippen molar-refractivity contribution in [1.29, 1.82) is 0 Å². The molecule has 4 aliphatic rings. The maximum atomic E-state index is 14.1. The number of rotatable bonds is 9. The molecule has 7 heterocycles. The largest absolute Gasteiger partial charge is 0.383 e. The Balaban J connectivity index is 0.830. The Labute approximate surface area is 311 Å². The van der Waals surface area contributed by atoms with Crippen LogP contribution in [0.1, 0.15) is 42.9 Å². The van der Waals surface area contributed by atoms with E-state index in [1.165, 1.54) is 6.07 Å². The van der Waals surface area contributed by atoms with Crippen molar-refractivity contribution in [2.75, 3.05) is 65.8 Å². The lowest BCUT2D eigenvalue weighted by atomic mass is 10.0. The minimum Gasteiger partial charge on any atom is -0.383 e. The highest BCUT2D eigenvalue weighted by Gasteiger charge is 2.40. The summed E-state index contributed by atoms with van der Waals surface area (Å²) in [5, 5.41) is 10.9. The van der Waals surface area contributed by atoms with Crippen molar-refractivity contribution < 1.29 is 18.8 Å². The number of fused-ring (bicyclic) bond motifs is 2. The summed E-state index contributed by atoms with van der Waals surface area (Å²) in [6.07, 6.45) is 4.55. The maximum Gasteiger partial charge on any atom is 0.249 e. The summed E-state index contributed by atoms with van der Waals surface area (Å²) < 4.78 is 15.9. The van der Waals surface area contributed by atoms with Crippen LogP contribution in [0.15, 0.2) is 79.0 Å². The number of carbonyl (C=O) groups excluding carboxylic acids is 3. The van der Waals surface area contributed by atoms with E-state index in [2.05, 4.69) is 30.3 Å². The predicted molar refractivity (Wildman–Crippen MR) is 203 cm³/mol. The summed E-state index contributed by atoms with van der Waals surface area (Å²) in [5.74, 6) is 0.682. The number of hydrogen-bond donors (Lipinski definition) is 2. The van der Waals surface area contributed by atoms with Crippen LogP contribution in [0.3, 0.4) is 0 Å². The van der Waals surface area contributed by atoms with E-state index in [-0.39, 0.29) is 36.5 Å². The first kappa shape index (κ1) is 33.9. The minimum absolute atomic E-state index is 0.0658. The molecule has 9 rings (SSSR count). The third kappa shape index (κ3) is 6.40. The maximum absolute atomic E-state index is 14.1. The number of carbonyl (C=O) groups is 3. The third-order valence-electron chi connectivity index (χ3n) is 11.1. The van der Waals surface area contributed by atoms with Crippen LogP contribution < -0.4 is 25.3 Å². The summed E-state index contributed by atoms with van der Waals surface area (Å²) in [5.41, 5.74) is 5.84. The SMILES string of the molecule is O=C1CCC(N2C(=O)Cc3c(NCCN4CCN(c5cccc(-c6cnc7ccc(N8CCC[C@@H]8c8cccc(F)c8)nn67)n5)CC4)cccc32)C(=O)N1. The summed E-state index contributed by atoms with van der Waals surface area (Å²) in [7, 11) is 0. The number of benzene rings is 2. The molecule has 3 aromatic heterocycles. The van der Waals surface area contributed by atoms with Gasteiger partial charge in [0.25, 0.3) is 0 Å². The van der Waals surface area contributed by atoms with Gasteiger partial charge in [-0.3, -0.25) is 29.5 Å². The molecule has 14 heteroatoms. The number of imide groups is 1. The number of hydrogen-bond acceptors (Lipinski definition) is 10. The molecule has 0 spiro atoms. The van der Waals surface area contributed by atoms with Crippen molar-refractivity contribution in [1.82, 2.24) is 29.8 Å². The lowest BCUT2D eigenvalue weighted by Crippen LogP contribution is -2.53. The number of aromatic nitrogens is 4. The van der Waals surface area contributed by atoms with Gasteiger partial charge in [0.2, 0.25) is 17.7 Å². The molecular formula is C40H41FN10O3. The van der Waals surface area contributed by atoms with E-state index in [1.807, 2.05) is 65.3 Å². The van der Waals surface area contributed by atoms with Crippen LogP contribution in [-0.4, -0.2) is 94.1 Å². The fourth-order valence-corrected chi connectivity index (χ4v) is 8.38. The average molecular weight is 729 g/mol. The number of nitrogens with one attached hydrogen (secondary N) is 2. The quantitative estimate of drug-likeness (QED) is 0.213. The number of imidazole rings is 1. The van der Waals surface area contributed by atoms with E-state index >= 15 is 0 Å². The van der Waals surface area contributed by atoms with Gasteiger partial charge in [-0.2, -0.15) is 0 Å². The van der Waals surface area contributed by atoms with E-state index in [4.69, 9.17) is 10.1 Å². The van der Waals surface area contributed by atoms with Gasteiger partial charge in [0.15, 0.2) is 5.65 Å². The molecule has 5 aromatic rings. The van der Waals surface area contributed by atoms with Crippen LogP contribution in [0.5, 0.6) is 0 Å². The van der Waals surface area contributed by atoms with Crippen LogP contribution in [-0.2, 0) is 20.8 Å². The number of halogens is 1. The van der Waals surface area contributed by atoms with Crippen molar-refractivity contribution in [2.24, 2.45) is 0 Å². The zero-order chi connectivity index (χ0) is 36.8. The number of nitrogens with zero attached hydrogens (tertiary/aromatic N) is 8. The molecular weight excluding hydrogens is 688 g/mol. The predicted octanol–water partition coefficient (Wildman–Crippen LogP) is 4.20. The molecule has 4 aliphatic heterocycles. The summed E-state index contributed by atoms with van der Waals surface area (Å²) in [6, 6.07) is 22.1. The van der Waals surface area contributed by atoms with Gasteiger partial charge in [-0.15, -0.1) is 5.10 Å². The molecule has 3 saturated heterocycles. The van der Waals surface area contributed by atoms with Gasteiger partial charge in [0.1, 0.15) is 29.2 Å². The smallest absolute Gasteiger partial charge is 0.249 e. The van der Waals surface area contributed by atoms with E-state index in [9.17, 15) is 18.8 Å². The second-order valence-corrected chi connectivity index (χ2v) is 14.4. The van der Waals surface area contributed by atoms with E-state index < -0.39 is 11.9 Å². The van der Waals surface area contributed by atoms with Gasteiger partial charge in [-0.25, -0.2) is 18.9 Å². The zero-order valence-electron chi connectivity index (χ0n) is 29.8. The Morgan fingerprint density at radius 2 is 1.72 bits per heavy atom. The van der Waals surface area contributed by atoms with Gasteiger partial charge >= 0.3 is 0 Å². The first-order valence-electron chi connectivity index (χ1n) is 18.7. The highest BCUT2D eigenvalue weighted by Crippen LogP contribution is 2.38. The second kappa shape index (κ2) is 14.2. The molecule has 0 radical (unpaired) electrons. The van der Waals surface area contributed by atoms with E-state index in [1.54, 1.807) is 17.0 Å². The third-order valence-corrected chi connectivity index (χ3v) is 11.1. The standard InChI is InChI=1S/C40H41FN10O3/c41-27-6-1-5-26(23-27)31-10-4-17-49(31)37-14-13-35-43-25-34(51(35)46-37)30-8-3-11-36(44-30)48-21-19-47(20-22-48)18-16-42-29-7-2-9-32-28(29)24-39(53)50(32)33-12-15-38(52)45-40(33)54/h1-3,5-9,11,13-14,23,25,31,33,42H,4,10,12,15-22,24H2,(H,45,52,54)/t31-,33?/m1/s1. The lowest BCUT2D eigenvalue weighted by molar-refractivity contribution is -0.135. The number of pyridine rings is 1. The molecule has 2 atom stereocenters. The monoisotopic (exact) mass is 728 g/mol. The average Bonchev–Trinajstić information content (AvgIpc) is 3.93. The van der Waals surface area contributed by atoms with Crippen LogP contribution >= 0.6 is 0 Å². The minimum atomic E-state index is -0.663. The molecule has 3 amide bonds. The second-order valence-electron chi connectivity index (χ2n) is 14.4. The number of amides is 3. The summed E-state index contributed by atoms with van der Waals surface area (Å²) in [6.45, 7) is 5.82. The van der Waals surface area contributed by atoms with Crippen molar-refractivity contribution in [3.05, 3.63) is 95.9 Å². The van der Waals surface area contributed by atoms with Gasteiger partial charge in [-0.1, -0.05) is 24.3 Å². The van der Waals surface area contributed by atoms with Crippen molar-refractivity contribution >= 4 is 46.4 Å². The normalized spacial score (nSPS) is 20.5. The first-order chi connectivity index (χ1) is 26.4. The molecule has 276 valence electrons. The Bertz CT molecular complexity index is 2250. The van der Waals surface area contributed by atoms with Crippen molar-refractivity contribution in [3.63, 3.8) is 0 Å². The first-order valence-corrected chi connectivity index (χ1v) is 18.7.